The first kappa shape index (κ1) is 33.8. The Kier molecular flexibility index (Phi) is 11.2. The van der Waals surface area contributed by atoms with Crippen LogP contribution in [0.4, 0.5) is 22.7 Å². The maximum atomic E-state index is 12.8. The van der Waals surface area contributed by atoms with E-state index in [1.807, 2.05) is 26.0 Å². The van der Waals surface area contributed by atoms with Gasteiger partial charge in [-0.2, -0.15) is 20.5 Å². The Bertz CT molecular complexity index is 1860. The third-order valence-corrected chi connectivity index (χ3v) is 7.34. The van der Waals surface area contributed by atoms with Gasteiger partial charge in [0.15, 0.2) is 11.6 Å². The number of nitrogens with one attached hydrogen (secondary N) is 2. The van der Waals surface area contributed by atoms with E-state index in [1.165, 1.54) is 13.8 Å². The second-order valence-corrected chi connectivity index (χ2v) is 11.3. The molecule has 0 fully saturated rings. The quantitative estimate of drug-likeness (QED) is 0.123. The average molecular weight is 658 g/mol. The Labute approximate surface area is 275 Å². The number of hydrogen-bond acceptors (Lipinski definition) is 8. The fourth-order valence-corrected chi connectivity index (χ4v) is 4.74. The average Bonchev–Trinajstić information content (AvgIpc) is 3.00. The molecule has 4 aromatic rings. The molecule has 0 radical (unpaired) electrons. The number of nitrogens with zero attached hydrogens (tertiary/aromatic N) is 4. The number of azo groups is 2. The van der Waals surface area contributed by atoms with Crippen LogP contribution in [0.25, 0.3) is 11.1 Å². The summed E-state index contributed by atoms with van der Waals surface area (Å²) in [7, 11) is 0. The van der Waals surface area contributed by atoms with Gasteiger partial charge in [-0.15, -0.1) is 0 Å². The van der Waals surface area contributed by atoms with Crippen molar-refractivity contribution in [2.24, 2.45) is 20.5 Å². The summed E-state index contributed by atoms with van der Waals surface area (Å²) >= 11 is 13.0. The van der Waals surface area contributed by atoms with Gasteiger partial charge in [0.2, 0.25) is 12.1 Å². The first-order valence-corrected chi connectivity index (χ1v) is 14.8. The number of benzene rings is 4. The number of rotatable bonds is 11. The van der Waals surface area contributed by atoms with Crippen molar-refractivity contribution in [3.63, 3.8) is 0 Å². The van der Waals surface area contributed by atoms with Crippen LogP contribution >= 0.6 is 23.2 Å². The van der Waals surface area contributed by atoms with E-state index in [2.05, 4.69) is 31.1 Å². The van der Waals surface area contributed by atoms with Crippen molar-refractivity contribution in [3.8, 4) is 11.1 Å². The molecule has 2 amide bonds. The van der Waals surface area contributed by atoms with Crippen LogP contribution < -0.4 is 10.6 Å². The zero-order valence-corrected chi connectivity index (χ0v) is 26.9. The Morgan fingerprint density at radius 2 is 1.13 bits per heavy atom. The standard InChI is InChI=1S/C34H30Cl2N6O4/c1-19-10-13-28(20(2)16-19)38-34(46)32(22(4)44)42-40-30-15-12-24(18-27(30)36)23-11-14-29(26(35)17-23)39-41-31(21(3)43)33(45)37-25-8-6-5-7-9-25/h5-18,31-32H,1-4H3,(H,37,45)(H,38,46). The number of carbonyl (C=O) groups excluding carboxylic acids is 4. The number of Topliss-reactive ketones (excluding diaryl/α,β-unsaturated/α-hetero) is 2. The molecule has 0 aliphatic carbocycles. The van der Waals surface area contributed by atoms with Crippen molar-refractivity contribution in [3.05, 3.63) is 106 Å². The number of para-hydroxylation sites is 1. The molecule has 0 heterocycles. The van der Waals surface area contributed by atoms with E-state index >= 15 is 0 Å². The molecule has 2 unspecified atom stereocenters. The summed E-state index contributed by atoms with van der Waals surface area (Å²) in [5.41, 5.74) is 4.91. The van der Waals surface area contributed by atoms with E-state index in [0.29, 0.717) is 22.5 Å². The lowest BCUT2D eigenvalue weighted by Gasteiger charge is -2.12. The summed E-state index contributed by atoms with van der Waals surface area (Å²) < 4.78 is 0. The van der Waals surface area contributed by atoms with Crippen LogP contribution in [0.1, 0.15) is 25.0 Å². The van der Waals surface area contributed by atoms with Gasteiger partial charge in [0, 0.05) is 11.4 Å². The minimum absolute atomic E-state index is 0.228. The van der Waals surface area contributed by atoms with Crippen molar-refractivity contribution >= 4 is 69.3 Å². The zero-order valence-electron chi connectivity index (χ0n) is 25.4. The van der Waals surface area contributed by atoms with Crippen molar-refractivity contribution in [2.75, 3.05) is 10.6 Å². The highest BCUT2D eigenvalue weighted by atomic mass is 35.5. The number of ketones is 2. The molecule has 0 bridgehead atoms. The lowest BCUT2D eigenvalue weighted by Crippen LogP contribution is -2.32. The molecule has 46 heavy (non-hydrogen) atoms. The largest absolute Gasteiger partial charge is 0.324 e. The molecular weight excluding hydrogens is 627 g/mol. The van der Waals surface area contributed by atoms with E-state index in [4.69, 9.17) is 23.2 Å². The molecule has 10 nitrogen and oxygen atoms in total. The van der Waals surface area contributed by atoms with E-state index in [9.17, 15) is 19.2 Å². The highest BCUT2D eigenvalue weighted by molar-refractivity contribution is 6.34. The normalized spacial score (nSPS) is 12.6. The lowest BCUT2D eigenvalue weighted by atomic mass is 10.0. The van der Waals surface area contributed by atoms with Crippen LogP contribution in [0, 0.1) is 13.8 Å². The number of carbonyl (C=O) groups is 4. The van der Waals surface area contributed by atoms with Gasteiger partial charge in [-0.25, -0.2) is 0 Å². The molecule has 0 aromatic heterocycles. The number of hydrogen-bond donors (Lipinski definition) is 2. The summed E-state index contributed by atoms with van der Waals surface area (Å²) in [5, 5.41) is 21.9. The summed E-state index contributed by atoms with van der Waals surface area (Å²) in [5.74, 6) is -2.17. The molecule has 2 N–H and O–H groups in total. The fourth-order valence-electron chi connectivity index (χ4n) is 4.30. The van der Waals surface area contributed by atoms with Gasteiger partial charge in [-0.05, 0) is 86.8 Å². The number of amides is 2. The van der Waals surface area contributed by atoms with E-state index < -0.39 is 35.5 Å². The number of halogens is 2. The topological polar surface area (TPSA) is 142 Å². The van der Waals surface area contributed by atoms with Gasteiger partial charge in [0.25, 0.3) is 11.8 Å². The molecule has 12 heteroatoms. The summed E-state index contributed by atoms with van der Waals surface area (Å²) in [4.78, 5) is 49.8. The summed E-state index contributed by atoms with van der Waals surface area (Å²) in [6.45, 7) is 6.33. The highest BCUT2D eigenvalue weighted by Gasteiger charge is 2.25. The van der Waals surface area contributed by atoms with Gasteiger partial charge in [-0.3, -0.25) is 19.2 Å². The third-order valence-electron chi connectivity index (χ3n) is 6.74. The van der Waals surface area contributed by atoms with Crippen LogP contribution in [0.2, 0.25) is 10.0 Å². The maximum absolute atomic E-state index is 12.8. The van der Waals surface area contributed by atoms with E-state index in [0.717, 1.165) is 11.1 Å². The van der Waals surface area contributed by atoms with E-state index in [-0.39, 0.29) is 21.4 Å². The zero-order chi connectivity index (χ0) is 33.4. The first-order valence-electron chi connectivity index (χ1n) is 14.1. The fraction of sp³-hybridized carbons (Fsp3) is 0.176. The second kappa shape index (κ2) is 15.3. The molecule has 4 aromatic carbocycles. The molecule has 0 spiro atoms. The minimum atomic E-state index is -1.36. The predicted octanol–water partition coefficient (Wildman–Crippen LogP) is 8.64. The SMILES string of the molecule is CC(=O)C(N=Nc1ccc(-c2ccc(N=NC(C(C)=O)C(=O)Nc3ccc(C)cc3C)c(Cl)c2)cc1Cl)C(=O)Nc1ccccc1. The van der Waals surface area contributed by atoms with Crippen molar-refractivity contribution < 1.29 is 19.2 Å². The van der Waals surface area contributed by atoms with Crippen LogP contribution in [0.15, 0.2) is 105 Å². The molecule has 0 saturated carbocycles. The van der Waals surface area contributed by atoms with Crippen LogP contribution in [-0.2, 0) is 19.2 Å². The molecule has 2 atom stereocenters. The van der Waals surface area contributed by atoms with Gasteiger partial charge in [0.05, 0.1) is 10.0 Å². The van der Waals surface area contributed by atoms with E-state index in [1.54, 1.807) is 72.8 Å². The van der Waals surface area contributed by atoms with Gasteiger partial charge < -0.3 is 10.6 Å². The Morgan fingerprint density at radius 3 is 1.59 bits per heavy atom. The van der Waals surface area contributed by atoms with Crippen LogP contribution in [-0.4, -0.2) is 35.5 Å². The van der Waals surface area contributed by atoms with Crippen molar-refractivity contribution in [2.45, 2.75) is 39.8 Å². The monoisotopic (exact) mass is 656 g/mol. The number of anilines is 2. The number of aryl methyl sites for hydroxylation is 2. The Balaban J connectivity index is 1.47. The van der Waals surface area contributed by atoms with Crippen molar-refractivity contribution in [1.29, 1.82) is 0 Å². The van der Waals surface area contributed by atoms with Crippen molar-refractivity contribution in [1.82, 2.24) is 0 Å². The minimum Gasteiger partial charge on any atom is -0.324 e. The Hall–Kier alpha value is -5.06. The summed E-state index contributed by atoms with van der Waals surface area (Å²) in [6, 6.07) is 21.5. The van der Waals surface area contributed by atoms with Gasteiger partial charge >= 0.3 is 0 Å². The highest BCUT2D eigenvalue weighted by Crippen LogP contribution is 2.35. The van der Waals surface area contributed by atoms with Gasteiger partial charge in [0.1, 0.15) is 11.4 Å². The second-order valence-electron chi connectivity index (χ2n) is 10.5. The van der Waals surface area contributed by atoms with Crippen LogP contribution in [0.5, 0.6) is 0 Å². The molecule has 234 valence electrons. The molecule has 0 aliphatic heterocycles. The Morgan fingerprint density at radius 1 is 0.630 bits per heavy atom. The lowest BCUT2D eigenvalue weighted by molar-refractivity contribution is -0.127. The van der Waals surface area contributed by atoms with Gasteiger partial charge in [-0.1, -0.05) is 71.2 Å². The summed E-state index contributed by atoms with van der Waals surface area (Å²) in [6.07, 6.45) is 0. The predicted molar refractivity (Wildman–Crippen MR) is 179 cm³/mol. The molecule has 0 aliphatic rings. The third kappa shape index (κ3) is 8.77. The maximum Gasteiger partial charge on any atom is 0.258 e. The molecular formula is C34H30Cl2N6O4. The first-order chi connectivity index (χ1) is 21.9. The molecule has 0 saturated heterocycles. The van der Waals surface area contributed by atoms with Crippen LogP contribution in [0.3, 0.4) is 0 Å². The molecule has 4 rings (SSSR count). The smallest absolute Gasteiger partial charge is 0.258 e.